The number of hydrogen-bond donors (Lipinski definition) is 0. The molecule has 0 saturated heterocycles. The van der Waals surface area contributed by atoms with Crippen LogP contribution in [0, 0.1) is 0 Å². The van der Waals surface area contributed by atoms with Crippen molar-refractivity contribution in [3.63, 3.8) is 0 Å². The van der Waals surface area contributed by atoms with Crippen molar-refractivity contribution in [2.45, 2.75) is 284 Å². The largest absolute Gasteiger partial charge is 0.462 e. The van der Waals surface area contributed by atoms with Crippen LogP contribution in [0.2, 0.25) is 0 Å². The number of hydrogen-bond acceptors (Lipinski definition) is 5. The van der Waals surface area contributed by atoms with Crippen molar-refractivity contribution < 1.29 is 23.8 Å². The molecule has 0 N–H and O–H groups in total. The Morgan fingerprint density at radius 2 is 0.662 bits per heavy atom. The van der Waals surface area contributed by atoms with Gasteiger partial charge in [0.05, 0.1) is 6.61 Å². The minimum Gasteiger partial charge on any atom is -0.462 e. The van der Waals surface area contributed by atoms with Gasteiger partial charge < -0.3 is 14.2 Å². The molecule has 68 heavy (non-hydrogen) atoms. The molecule has 0 saturated carbocycles. The minimum absolute atomic E-state index is 0.0684. The summed E-state index contributed by atoms with van der Waals surface area (Å²) < 4.78 is 17.5. The zero-order valence-electron chi connectivity index (χ0n) is 45.1. The fourth-order valence-corrected chi connectivity index (χ4v) is 8.06. The summed E-state index contributed by atoms with van der Waals surface area (Å²) in [5.74, 6) is -0.421. The predicted octanol–water partition coefficient (Wildman–Crippen LogP) is 20.0. The molecule has 0 rings (SSSR count). The van der Waals surface area contributed by atoms with E-state index in [2.05, 4.69) is 106 Å². The van der Waals surface area contributed by atoms with Crippen LogP contribution in [-0.4, -0.2) is 37.9 Å². The van der Waals surface area contributed by atoms with Crippen molar-refractivity contribution in [2.75, 3.05) is 19.8 Å². The summed E-state index contributed by atoms with van der Waals surface area (Å²) in [6, 6.07) is 0. The monoisotopic (exact) mass is 947 g/mol. The van der Waals surface area contributed by atoms with Crippen LogP contribution in [0.3, 0.4) is 0 Å². The van der Waals surface area contributed by atoms with E-state index < -0.39 is 6.10 Å². The first-order valence-corrected chi connectivity index (χ1v) is 29.1. The Kier molecular flexibility index (Phi) is 55.9. The lowest BCUT2D eigenvalue weighted by Gasteiger charge is -2.18. The summed E-state index contributed by atoms with van der Waals surface area (Å²) in [5, 5.41) is 0. The lowest BCUT2D eigenvalue weighted by Crippen LogP contribution is -2.30. The van der Waals surface area contributed by atoms with Gasteiger partial charge in [-0.1, -0.05) is 234 Å². The smallest absolute Gasteiger partial charge is 0.306 e. The maximum Gasteiger partial charge on any atom is 0.306 e. The number of carbonyl (C=O) groups is 2. The van der Waals surface area contributed by atoms with Gasteiger partial charge in [-0.2, -0.15) is 0 Å². The average molecular weight is 948 g/mol. The standard InChI is InChI=1S/C63H110O5/c1-4-7-10-13-16-19-22-25-28-30-32-33-36-38-41-44-47-50-53-56-62(64)67-60-61(68-63(65)57-54-51-48-45-42-39-35-27-24-21-18-15-12-9-6-3)59-66-58-55-52-49-46-43-40-37-34-31-29-26-23-20-17-14-11-8-5-2/h8,11,17-18,20-21,25-29,34-35,37,61H,4-7,9-10,12-16,19,22-24,30-33,36,38-60H2,1-3H3/b11-8-,20-17-,21-18-,28-25-,29-26-,35-27-,37-34-. The van der Waals surface area contributed by atoms with E-state index in [1.807, 2.05) is 0 Å². The van der Waals surface area contributed by atoms with Crippen LogP contribution < -0.4 is 0 Å². The van der Waals surface area contributed by atoms with Gasteiger partial charge in [-0.3, -0.25) is 9.59 Å². The second-order valence-corrected chi connectivity index (χ2v) is 19.2. The van der Waals surface area contributed by atoms with Gasteiger partial charge in [0.25, 0.3) is 0 Å². The summed E-state index contributed by atoms with van der Waals surface area (Å²) in [4.78, 5) is 25.5. The van der Waals surface area contributed by atoms with Crippen molar-refractivity contribution in [1.29, 1.82) is 0 Å². The number of allylic oxidation sites excluding steroid dienone is 14. The molecule has 5 heteroatoms. The van der Waals surface area contributed by atoms with Gasteiger partial charge in [-0.15, -0.1) is 0 Å². The molecule has 0 heterocycles. The molecule has 1 unspecified atom stereocenters. The molecule has 0 radical (unpaired) electrons. The maximum absolute atomic E-state index is 12.9. The lowest BCUT2D eigenvalue weighted by molar-refractivity contribution is -0.163. The topological polar surface area (TPSA) is 61.8 Å². The molecule has 0 bridgehead atoms. The van der Waals surface area contributed by atoms with E-state index in [1.54, 1.807) is 0 Å². The molecule has 0 aromatic rings. The van der Waals surface area contributed by atoms with Gasteiger partial charge in [0.2, 0.25) is 0 Å². The summed E-state index contributed by atoms with van der Waals surface area (Å²) in [6.45, 7) is 7.65. The first kappa shape index (κ1) is 65.1. The SMILES string of the molecule is CC/C=C\C/C=C\C/C=C\C/C=C\CCCCCCCOCC(COC(=O)CCCCCCCCCCC/C=C\CCCCCCCC)OC(=O)CCCCCCC/C=C\C/C=C\CCCCC. The van der Waals surface area contributed by atoms with E-state index >= 15 is 0 Å². The highest BCUT2D eigenvalue weighted by molar-refractivity contribution is 5.70. The van der Waals surface area contributed by atoms with Crippen LogP contribution >= 0.6 is 0 Å². The fraction of sp³-hybridized carbons (Fsp3) is 0.746. The molecule has 1 atom stereocenters. The molecule has 0 fully saturated rings. The quantitative estimate of drug-likeness (QED) is 0.0345. The van der Waals surface area contributed by atoms with Crippen molar-refractivity contribution in [1.82, 2.24) is 0 Å². The third-order valence-corrected chi connectivity index (χ3v) is 12.4. The molecule has 0 aliphatic carbocycles. The Labute approximate surface area is 422 Å². The van der Waals surface area contributed by atoms with Crippen LogP contribution in [-0.2, 0) is 23.8 Å². The Bertz CT molecular complexity index is 1250. The Morgan fingerprint density at radius 1 is 0.338 bits per heavy atom. The van der Waals surface area contributed by atoms with Crippen molar-refractivity contribution in [2.24, 2.45) is 0 Å². The molecule has 0 aliphatic rings. The number of carbonyl (C=O) groups excluding carboxylic acids is 2. The first-order chi connectivity index (χ1) is 33.6. The van der Waals surface area contributed by atoms with E-state index in [1.165, 1.54) is 154 Å². The van der Waals surface area contributed by atoms with Crippen LogP contribution in [0.25, 0.3) is 0 Å². The van der Waals surface area contributed by atoms with E-state index in [-0.39, 0.29) is 25.2 Å². The summed E-state index contributed by atoms with van der Waals surface area (Å²) in [7, 11) is 0. The molecule has 0 amide bonds. The molecule has 0 aromatic heterocycles. The van der Waals surface area contributed by atoms with Crippen LogP contribution in [0.5, 0.6) is 0 Å². The molecule has 392 valence electrons. The van der Waals surface area contributed by atoms with Gasteiger partial charge in [0.15, 0.2) is 6.10 Å². The van der Waals surface area contributed by atoms with Crippen molar-refractivity contribution >= 4 is 11.9 Å². The molecule has 0 aliphatic heterocycles. The van der Waals surface area contributed by atoms with Gasteiger partial charge >= 0.3 is 11.9 Å². The highest BCUT2D eigenvalue weighted by Crippen LogP contribution is 2.15. The first-order valence-electron chi connectivity index (χ1n) is 29.1. The zero-order valence-corrected chi connectivity index (χ0v) is 45.1. The highest BCUT2D eigenvalue weighted by Gasteiger charge is 2.17. The zero-order chi connectivity index (χ0) is 49.2. The number of ether oxygens (including phenoxy) is 3. The van der Waals surface area contributed by atoms with Crippen LogP contribution in [0.1, 0.15) is 278 Å². The van der Waals surface area contributed by atoms with Gasteiger partial charge in [-0.05, 0) is 116 Å². The lowest BCUT2D eigenvalue weighted by atomic mass is 10.1. The summed E-state index contributed by atoms with van der Waals surface area (Å²) in [6.07, 6.45) is 77.4. The van der Waals surface area contributed by atoms with E-state index in [0.717, 1.165) is 89.9 Å². The van der Waals surface area contributed by atoms with Crippen molar-refractivity contribution in [3.05, 3.63) is 85.1 Å². The number of rotatable bonds is 53. The van der Waals surface area contributed by atoms with Gasteiger partial charge in [0.1, 0.15) is 6.61 Å². The van der Waals surface area contributed by atoms with Crippen LogP contribution in [0.15, 0.2) is 85.1 Å². The van der Waals surface area contributed by atoms with Gasteiger partial charge in [0, 0.05) is 19.4 Å². The maximum atomic E-state index is 12.9. The second kappa shape index (κ2) is 58.4. The third kappa shape index (κ3) is 55.7. The predicted molar refractivity (Wildman–Crippen MR) is 297 cm³/mol. The number of unbranched alkanes of at least 4 members (excludes halogenated alkanes) is 28. The average Bonchev–Trinajstić information content (AvgIpc) is 3.34. The van der Waals surface area contributed by atoms with E-state index in [4.69, 9.17) is 14.2 Å². The second-order valence-electron chi connectivity index (χ2n) is 19.2. The molecule has 0 aromatic carbocycles. The Morgan fingerprint density at radius 3 is 1.10 bits per heavy atom. The van der Waals surface area contributed by atoms with Gasteiger partial charge in [-0.25, -0.2) is 0 Å². The highest BCUT2D eigenvalue weighted by atomic mass is 16.6. The normalized spacial score (nSPS) is 12.8. The fourth-order valence-electron chi connectivity index (χ4n) is 8.06. The van der Waals surface area contributed by atoms with Crippen molar-refractivity contribution in [3.8, 4) is 0 Å². The number of esters is 2. The Hall–Kier alpha value is -2.92. The molecule has 5 nitrogen and oxygen atoms in total. The Balaban J connectivity index is 4.32. The minimum atomic E-state index is -0.559. The van der Waals surface area contributed by atoms with E-state index in [9.17, 15) is 9.59 Å². The molecule has 0 spiro atoms. The van der Waals surface area contributed by atoms with E-state index in [0.29, 0.717) is 19.4 Å². The molecular formula is C63H110O5. The molecular weight excluding hydrogens is 837 g/mol. The summed E-state index contributed by atoms with van der Waals surface area (Å²) >= 11 is 0. The van der Waals surface area contributed by atoms with Crippen LogP contribution in [0.4, 0.5) is 0 Å². The summed E-state index contributed by atoms with van der Waals surface area (Å²) in [5.41, 5.74) is 0. The third-order valence-electron chi connectivity index (χ3n) is 12.4.